The van der Waals surface area contributed by atoms with Crippen LogP contribution in [0, 0.1) is 0 Å². The molecule has 1 aliphatic rings. The summed E-state index contributed by atoms with van der Waals surface area (Å²) in [6, 6.07) is 15.8. The van der Waals surface area contributed by atoms with Crippen LogP contribution in [0.5, 0.6) is 5.75 Å². The highest BCUT2D eigenvalue weighted by atomic mass is 16.6. The van der Waals surface area contributed by atoms with Crippen molar-refractivity contribution in [2.24, 2.45) is 0 Å². The van der Waals surface area contributed by atoms with Crippen molar-refractivity contribution in [2.75, 3.05) is 7.11 Å². The van der Waals surface area contributed by atoms with Gasteiger partial charge in [0.25, 0.3) is 0 Å². The van der Waals surface area contributed by atoms with Crippen LogP contribution >= 0.6 is 0 Å². The third-order valence-corrected chi connectivity index (χ3v) is 3.70. The lowest BCUT2D eigenvalue weighted by molar-refractivity contribution is -0.155. The molecule has 4 nitrogen and oxygen atoms in total. The largest absolute Gasteiger partial charge is 0.424 e. The van der Waals surface area contributed by atoms with E-state index in [-0.39, 0.29) is 12.2 Å². The van der Waals surface area contributed by atoms with Crippen LogP contribution in [0.15, 0.2) is 54.6 Å². The van der Waals surface area contributed by atoms with Crippen molar-refractivity contribution in [2.45, 2.75) is 12.0 Å². The highest BCUT2D eigenvalue weighted by molar-refractivity contribution is 6.16. The summed E-state index contributed by atoms with van der Waals surface area (Å²) in [4.78, 5) is 25.1. The van der Waals surface area contributed by atoms with Crippen LogP contribution in [0.3, 0.4) is 0 Å². The molecule has 0 N–H and O–H groups in total. The maximum atomic E-state index is 12.7. The molecule has 0 radical (unpaired) electrons. The summed E-state index contributed by atoms with van der Waals surface area (Å²) in [6.07, 6.45) is 0.173. The first-order valence-electron chi connectivity index (χ1n) is 6.62. The molecule has 1 atom stereocenters. The molecule has 1 heterocycles. The Morgan fingerprint density at radius 3 is 2.48 bits per heavy atom. The van der Waals surface area contributed by atoms with Crippen molar-refractivity contribution in [1.82, 2.24) is 0 Å². The summed E-state index contributed by atoms with van der Waals surface area (Å²) in [6.45, 7) is 0. The fourth-order valence-electron chi connectivity index (χ4n) is 2.52. The lowest BCUT2D eigenvalue weighted by Crippen LogP contribution is -2.54. The maximum Gasteiger partial charge on any atom is 0.352 e. The van der Waals surface area contributed by atoms with Gasteiger partial charge in [0.05, 0.1) is 0 Å². The van der Waals surface area contributed by atoms with Crippen LogP contribution in [0.4, 0.5) is 0 Å². The minimum Gasteiger partial charge on any atom is -0.424 e. The number of carbonyl (C=O) groups excluding carboxylic acids is 2. The Kier molecular flexibility index (Phi) is 3.31. The molecular formula is C17H14O4. The van der Waals surface area contributed by atoms with E-state index in [0.29, 0.717) is 11.3 Å². The lowest BCUT2D eigenvalue weighted by Gasteiger charge is -2.33. The molecule has 21 heavy (non-hydrogen) atoms. The van der Waals surface area contributed by atoms with Gasteiger partial charge in [0.2, 0.25) is 11.4 Å². The van der Waals surface area contributed by atoms with E-state index in [9.17, 15) is 9.59 Å². The van der Waals surface area contributed by atoms with Crippen molar-refractivity contribution in [3.05, 3.63) is 65.7 Å². The van der Waals surface area contributed by atoms with E-state index >= 15 is 0 Å². The summed E-state index contributed by atoms with van der Waals surface area (Å²) in [5.74, 6) is -0.571. The topological polar surface area (TPSA) is 52.6 Å². The number of esters is 1. The van der Waals surface area contributed by atoms with Gasteiger partial charge in [-0.05, 0) is 11.6 Å². The number of benzene rings is 2. The number of methoxy groups -OCH3 is 1. The van der Waals surface area contributed by atoms with Crippen molar-refractivity contribution < 1.29 is 19.1 Å². The molecule has 1 unspecified atom stereocenters. The van der Waals surface area contributed by atoms with Gasteiger partial charge in [-0.15, -0.1) is 0 Å². The van der Waals surface area contributed by atoms with Gasteiger partial charge in [-0.25, -0.2) is 4.79 Å². The van der Waals surface area contributed by atoms with Crippen molar-refractivity contribution in [1.29, 1.82) is 0 Å². The number of para-hydroxylation sites is 1. The number of hydrogen-bond acceptors (Lipinski definition) is 4. The monoisotopic (exact) mass is 282 g/mol. The second-order valence-electron chi connectivity index (χ2n) is 4.90. The zero-order valence-corrected chi connectivity index (χ0v) is 11.5. The van der Waals surface area contributed by atoms with E-state index in [1.165, 1.54) is 7.11 Å². The standard InChI is InChI=1S/C17H14O4/c1-20-17(15(18)12-7-3-2-4-8-12)11-13-9-5-6-10-14(13)21-16(17)19/h2-10H,11H2,1H3. The van der Waals surface area contributed by atoms with Gasteiger partial charge in [0, 0.05) is 19.1 Å². The van der Waals surface area contributed by atoms with Gasteiger partial charge in [0.15, 0.2) is 0 Å². The van der Waals surface area contributed by atoms with Crippen molar-refractivity contribution in [3.63, 3.8) is 0 Å². The van der Waals surface area contributed by atoms with Gasteiger partial charge in [-0.1, -0.05) is 48.5 Å². The van der Waals surface area contributed by atoms with Crippen LogP contribution in [0.1, 0.15) is 15.9 Å². The van der Waals surface area contributed by atoms with Crippen molar-refractivity contribution in [3.8, 4) is 5.75 Å². The Morgan fingerprint density at radius 1 is 1.10 bits per heavy atom. The molecule has 0 bridgehead atoms. The summed E-state index contributed by atoms with van der Waals surface area (Å²) in [7, 11) is 1.36. The molecule has 2 aromatic carbocycles. The van der Waals surface area contributed by atoms with E-state index in [2.05, 4.69) is 0 Å². The average molecular weight is 282 g/mol. The Bertz CT molecular complexity index is 693. The molecular weight excluding hydrogens is 268 g/mol. The Morgan fingerprint density at radius 2 is 1.76 bits per heavy atom. The Labute approximate surface area is 122 Å². The van der Waals surface area contributed by atoms with Crippen molar-refractivity contribution >= 4 is 11.8 Å². The van der Waals surface area contributed by atoms with Crippen LogP contribution in [-0.2, 0) is 16.0 Å². The first kappa shape index (κ1) is 13.5. The van der Waals surface area contributed by atoms with Crippen LogP contribution in [-0.4, -0.2) is 24.5 Å². The van der Waals surface area contributed by atoms with Gasteiger partial charge >= 0.3 is 5.97 Å². The second kappa shape index (κ2) is 5.14. The Balaban J connectivity index is 2.05. The fourth-order valence-corrected chi connectivity index (χ4v) is 2.52. The highest BCUT2D eigenvalue weighted by Gasteiger charge is 2.51. The molecule has 0 amide bonds. The average Bonchev–Trinajstić information content (AvgIpc) is 2.54. The molecule has 4 heteroatoms. The third kappa shape index (κ3) is 2.14. The quantitative estimate of drug-likeness (QED) is 0.375. The summed E-state index contributed by atoms with van der Waals surface area (Å²) < 4.78 is 10.6. The van der Waals surface area contributed by atoms with Gasteiger partial charge in [-0.3, -0.25) is 4.79 Å². The molecule has 1 aliphatic heterocycles. The number of carbonyl (C=O) groups is 2. The van der Waals surface area contributed by atoms with Gasteiger partial charge in [0.1, 0.15) is 5.75 Å². The predicted octanol–water partition coefficient (Wildman–Crippen LogP) is 2.42. The smallest absolute Gasteiger partial charge is 0.352 e. The number of rotatable bonds is 3. The summed E-state index contributed by atoms with van der Waals surface area (Å²) in [5, 5.41) is 0. The SMILES string of the molecule is COC1(C(=O)c2ccccc2)Cc2ccccc2OC1=O. The zero-order valence-electron chi connectivity index (χ0n) is 11.5. The first-order valence-corrected chi connectivity index (χ1v) is 6.62. The van der Waals surface area contributed by atoms with Crippen LogP contribution in [0.25, 0.3) is 0 Å². The number of ether oxygens (including phenoxy) is 2. The van der Waals surface area contributed by atoms with E-state index in [0.717, 1.165) is 5.56 Å². The normalized spacial score (nSPS) is 20.5. The van der Waals surface area contributed by atoms with E-state index in [1.54, 1.807) is 36.4 Å². The maximum absolute atomic E-state index is 12.7. The lowest BCUT2D eigenvalue weighted by atomic mass is 9.84. The molecule has 0 aromatic heterocycles. The molecule has 2 aromatic rings. The molecule has 0 spiro atoms. The van der Waals surface area contributed by atoms with E-state index in [4.69, 9.17) is 9.47 Å². The number of fused-ring (bicyclic) bond motifs is 1. The van der Waals surface area contributed by atoms with E-state index < -0.39 is 11.6 Å². The molecule has 0 aliphatic carbocycles. The third-order valence-electron chi connectivity index (χ3n) is 3.70. The first-order chi connectivity index (χ1) is 10.2. The van der Waals surface area contributed by atoms with E-state index in [1.807, 2.05) is 18.2 Å². The molecule has 0 saturated carbocycles. The number of hydrogen-bond donors (Lipinski definition) is 0. The number of ketones is 1. The summed E-state index contributed by atoms with van der Waals surface area (Å²) >= 11 is 0. The van der Waals surface area contributed by atoms with Crippen LogP contribution in [0.2, 0.25) is 0 Å². The molecule has 106 valence electrons. The molecule has 3 rings (SSSR count). The summed E-state index contributed by atoms with van der Waals surface area (Å²) in [5.41, 5.74) is -0.408. The van der Waals surface area contributed by atoms with Gasteiger partial charge < -0.3 is 9.47 Å². The fraction of sp³-hybridized carbons (Fsp3) is 0.176. The minimum atomic E-state index is -1.62. The molecule has 0 fully saturated rings. The zero-order chi connectivity index (χ0) is 14.9. The molecule has 0 saturated heterocycles. The number of Topliss-reactive ketones (excluding diaryl/α,β-unsaturated/α-hetero) is 1. The Hall–Kier alpha value is -2.46. The van der Waals surface area contributed by atoms with Gasteiger partial charge in [-0.2, -0.15) is 0 Å². The predicted molar refractivity (Wildman–Crippen MR) is 76.3 cm³/mol. The minimum absolute atomic E-state index is 0.173. The van der Waals surface area contributed by atoms with Crippen LogP contribution < -0.4 is 4.74 Å². The highest BCUT2D eigenvalue weighted by Crippen LogP contribution is 2.34. The second-order valence-corrected chi connectivity index (χ2v) is 4.90.